The number of rotatable bonds is 3. The predicted molar refractivity (Wildman–Crippen MR) is 114 cm³/mol. The summed E-state index contributed by atoms with van der Waals surface area (Å²) < 4.78 is 0. The first-order valence-electron chi connectivity index (χ1n) is 9.38. The molecule has 1 saturated heterocycles. The minimum absolute atomic E-state index is 0.205. The van der Waals surface area contributed by atoms with E-state index >= 15 is 0 Å². The van der Waals surface area contributed by atoms with E-state index in [4.69, 9.17) is 23.2 Å². The summed E-state index contributed by atoms with van der Waals surface area (Å²) in [5, 5.41) is 0.696. The molecule has 2 amide bonds. The molecular formula is C24H17Cl2NO2. The Morgan fingerprint density at radius 2 is 1.34 bits per heavy atom. The zero-order valence-electron chi connectivity index (χ0n) is 15.6. The van der Waals surface area contributed by atoms with Gasteiger partial charge in [0, 0.05) is 5.41 Å². The Morgan fingerprint density at radius 3 is 1.79 bits per heavy atom. The molecule has 1 saturated carbocycles. The lowest BCUT2D eigenvalue weighted by Crippen LogP contribution is -2.42. The van der Waals surface area contributed by atoms with Gasteiger partial charge in [0.15, 0.2) is 0 Å². The highest BCUT2D eigenvalue weighted by molar-refractivity contribution is 6.42. The van der Waals surface area contributed by atoms with Gasteiger partial charge in [0.25, 0.3) is 0 Å². The average Bonchev–Trinajstić information content (AvgIpc) is 3.27. The van der Waals surface area contributed by atoms with Crippen LogP contribution in [0.2, 0.25) is 10.0 Å². The van der Waals surface area contributed by atoms with E-state index < -0.39 is 16.7 Å². The summed E-state index contributed by atoms with van der Waals surface area (Å²) in [4.78, 5) is 28.5. The summed E-state index contributed by atoms with van der Waals surface area (Å²) in [6.07, 6.45) is 0. The first-order valence-corrected chi connectivity index (χ1v) is 10.1. The lowest BCUT2D eigenvalue weighted by molar-refractivity contribution is -0.125. The van der Waals surface area contributed by atoms with E-state index in [1.807, 2.05) is 67.6 Å². The maximum Gasteiger partial charge on any atom is 0.241 e. The molecule has 0 bridgehead atoms. The highest BCUT2D eigenvalue weighted by Gasteiger charge is 2.86. The number of imide groups is 1. The number of piperidine rings is 1. The highest BCUT2D eigenvalue weighted by atomic mass is 35.5. The Morgan fingerprint density at radius 1 is 0.793 bits per heavy atom. The van der Waals surface area contributed by atoms with Gasteiger partial charge in [-0.15, -0.1) is 0 Å². The number of fused-ring (bicyclic) bond motifs is 1. The van der Waals surface area contributed by atoms with Gasteiger partial charge in [-0.05, 0) is 36.2 Å². The van der Waals surface area contributed by atoms with Crippen LogP contribution in [-0.4, -0.2) is 11.8 Å². The zero-order valence-corrected chi connectivity index (χ0v) is 17.1. The van der Waals surface area contributed by atoms with Gasteiger partial charge in [0.2, 0.25) is 11.8 Å². The molecule has 1 aliphatic heterocycles. The first-order chi connectivity index (χ1) is 13.9. The number of hydrogen-bond acceptors (Lipinski definition) is 2. The SMILES string of the molecule is C[C@]12C(=O)N(c3ccc(Cl)c(Cl)c3)C(=O)[C@@H]1C2(c1ccccc1)c1ccccc1. The van der Waals surface area contributed by atoms with E-state index in [0.29, 0.717) is 15.7 Å². The van der Waals surface area contributed by atoms with Gasteiger partial charge < -0.3 is 0 Å². The molecule has 144 valence electrons. The third-order valence-electron chi connectivity index (χ3n) is 6.48. The Balaban J connectivity index is 1.67. The standard InChI is InChI=1S/C24H17Cl2NO2/c1-23-20(21(28)27(22(23)29)17-12-13-18(25)19(26)14-17)24(23,15-8-4-2-5-9-15)16-10-6-3-7-11-16/h2-14,20H,1H3/t20-,23+/m0/s1. The van der Waals surface area contributed by atoms with Crippen molar-refractivity contribution in [1.29, 1.82) is 0 Å². The molecule has 1 aliphatic carbocycles. The van der Waals surface area contributed by atoms with Crippen molar-refractivity contribution in [2.75, 3.05) is 4.90 Å². The van der Waals surface area contributed by atoms with E-state index in [1.165, 1.54) is 4.90 Å². The number of carbonyl (C=O) groups excluding carboxylic acids is 2. The summed E-state index contributed by atoms with van der Waals surface area (Å²) in [6.45, 7) is 1.90. The number of nitrogens with zero attached hydrogens (tertiary/aromatic N) is 1. The second kappa shape index (κ2) is 6.19. The van der Waals surface area contributed by atoms with Crippen molar-refractivity contribution in [2.24, 2.45) is 11.3 Å². The van der Waals surface area contributed by atoms with Crippen molar-refractivity contribution >= 4 is 40.7 Å². The van der Waals surface area contributed by atoms with Gasteiger partial charge in [0.1, 0.15) is 0 Å². The number of hydrogen-bond donors (Lipinski definition) is 0. The van der Waals surface area contributed by atoms with Crippen LogP contribution >= 0.6 is 23.2 Å². The number of anilines is 1. The number of benzene rings is 3. The van der Waals surface area contributed by atoms with Crippen LogP contribution in [0.15, 0.2) is 78.9 Å². The smallest absolute Gasteiger partial charge is 0.241 e. The van der Waals surface area contributed by atoms with Crippen molar-refractivity contribution in [3.63, 3.8) is 0 Å². The zero-order chi connectivity index (χ0) is 20.4. The minimum atomic E-state index is -0.862. The average molecular weight is 422 g/mol. The van der Waals surface area contributed by atoms with Gasteiger partial charge >= 0.3 is 0 Å². The molecule has 5 rings (SSSR count). The van der Waals surface area contributed by atoms with Crippen LogP contribution in [-0.2, 0) is 15.0 Å². The Labute approximate surface area is 178 Å². The van der Waals surface area contributed by atoms with Crippen molar-refractivity contribution in [2.45, 2.75) is 12.3 Å². The van der Waals surface area contributed by atoms with Crippen LogP contribution in [0.5, 0.6) is 0 Å². The van der Waals surface area contributed by atoms with E-state index in [0.717, 1.165) is 11.1 Å². The highest BCUT2D eigenvalue weighted by Crippen LogP contribution is 2.76. The molecule has 2 aliphatic rings. The second-order valence-electron chi connectivity index (χ2n) is 7.75. The third-order valence-corrected chi connectivity index (χ3v) is 7.22. The molecule has 0 aromatic heterocycles. The molecule has 2 fully saturated rings. The topological polar surface area (TPSA) is 37.4 Å². The normalized spacial score (nSPS) is 24.5. The fraction of sp³-hybridized carbons (Fsp3) is 0.167. The van der Waals surface area contributed by atoms with Gasteiger partial charge in [-0.2, -0.15) is 0 Å². The Hall–Kier alpha value is -2.62. The van der Waals surface area contributed by atoms with E-state index in [1.54, 1.807) is 18.2 Å². The van der Waals surface area contributed by atoms with Crippen LogP contribution in [0.25, 0.3) is 0 Å². The van der Waals surface area contributed by atoms with Crippen LogP contribution in [0.3, 0.4) is 0 Å². The van der Waals surface area contributed by atoms with Gasteiger partial charge in [-0.1, -0.05) is 83.9 Å². The Bertz CT molecular complexity index is 1110. The summed E-state index contributed by atoms with van der Waals surface area (Å²) in [7, 11) is 0. The molecule has 3 aromatic rings. The molecule has 3 aromatic carbocycles. The molecule has 29 heavy (non-hydrogen) atoms. The number of amides is 2. The summed E-state index contributed by atoms with van der Waals surface area (Å²) in [5.41, 5.74) is 0.885. The van der Waals surface area contributed by atoms with E-state index in [9.17, 15) is 9.59 Å². The summed E-state index contributed by atoms with van der Waals surface area (Å²) >= 11 is 12.1. The van der Waals surface area contributed by atoms with Gasteiger partial charge in [-0.25, -0.2) is 4.90 Å². The minimum Gasteiger partial charge on any atom is -0.274 e. The molecular weight excluding hydrogens is 405 g/mol. The molecule has 0 unspecified atom stereocenters. The second-order valence-corrected chi connectivity index (χ2v) is 8.57. The molecule has 0 radical (unpaired) electrons. The van der Waals surface area contributed by atoms with Crippen LogP contribution in [0.1, 0.15) is 18.1 Å². The molecule has 2 atom stereocenters. The van der Waals surface area contributed by atoms with Gasteiger partial charge in [0.05, 0.1) is 27.1 Å². The lowest BCUT2D eigenvalue weighted by Gasteiger charge is -2.29. The molecule has 3 nitrogen and oxygen atoms in total. The van der Waals surface area contributed by atoms with Crippen LogP contribution in [0, 0.1) is 11.3 Å². The predicted octanol–water partition coefficient (Wildman–Crippen LogP) is 5.49. The fourth-order valence-corrected chi connectivity index (χ4v) is 5.47. The maximum atomic E-state index is 13.7. The monoisotopic (exact) mass is 421 g/mol. The summed E-state index contributed by atoms with van der Waals surface area (Å²) in [5.74, 6) is -0.885. The van der Waals surface area contributed by atoms with Crippen LogP contribution in [0.4, 0.5) is 5.69 Å². The van der Waals surface area contributed by atoms with E-state index in [2.05, 4.69) is 0 Å². The van der Waals surface area contributed by atoms with Crippen molar-refractivity contribution in [3.8, 4) is 0 Å². The van der Waals surface area contributed by atoms with E-state index in [-0.39, 0.29) is 11.8 Å². The molecule has 1 heterocycles. The van der Waals surface area contributed by atoms with Crippen molar-refractivity contribution in [3.05, 3.63) is 100 Å². The van der Waals surface area contributed by atoms with Crippen molar-refractivity contribution < 1.29 is 9.59 Å². The fourth-order valence-electron chi connectivity index (χ4n) is 5.18. The number of halogens is 2. The Kier molecular flexibility index (Phi) is 3.93. The molecule has 0 N–H and O–H groups in total. The first kappa shape index (κ1) is 18.4. The largest absolute Gasteiger partial charge is 0.274 e. The third kappa shape index (κ3) is 2.20. The molecule has 0 spiro atoms. The maximum absolute atomic E-state index is 13.7. The van der Waals surface area contributed by atoms with Crippen molar-refractivity contribution in [1.82, 2.24) is 0 Å². The quantitative estimate of drug-likeness (QED) is 0.524. The number of carbonyl (C=O) groups is 2. The van der Waals surface area contributed by atoms with Crippen LogP contribution < -0.4 is 4.90 Å². The molecule has 5 heteroatoms. The lowest BCUT2D eigenvalue weighted by atomic mass is 9.79. The van der Waals surface area contributed by atoms with Gasteiger partial charge in [-0.3, -0.25) is 9.59 Å². The summed E-state index contributed by atoms with van der Waals surface area (Å²) in [6, 6.07) is 24.5.